The summed E-state index contributed by atoms with van der Waals surface area (Å²) >= 11 is 0. The van der Waals surface area contributed by atoms with Crippen LogP contribution in [0.4, 0.5) is 0 Å². The van der Waals surface area contributed by atoms with Crippen molar-refractivity contribution in [3.63, 3.8) is 0 Å². The molecule has 29 heavy (non-hydrogen) atoms. The van der Waals surface area contributed by atoms with Crippen molar-refractivity contribution in [3.05, 3.63) is 83.8 Å². The van der Waals surface area contributed by atoms with Crippen LogP contribution in [-0.2, 0) is 13.1 Å². The van der Waals surface area contributed by atoms with Gasteiger partial charge in [-0.3, -0.25) is 9.69 Å². The van der Waals surface area contributed by atoms with Crippen LogP contribution in [0, 0.1) is 0 Å². The van der Waals surface area contributed by atoms with Gasteiger partial charge in [0.05, 0.1) is 25.5 Å². The Labute approximate surface area is 170 Å². The summed E-state index contributed by atoms with van der Waals surface area (Å²) in [5.74, 6) is 2.08. The molecule has 0 radical (unpaired) electrons. The van der Waals surface area contributed by atoms with Gasteiger partial charge >= 0.3 is 0 Å². The predicted molar refractivity (Wildman–Crippen MR) is 109 cm³/mol. The number of carbonyl (C=O) groups is 1. The van der Waals surface area contributed by atoms with Gasteiger partial charge in [0.2, 0.25) is 0 Å². The molecular formula is C23H25NO5. The molecule has 1 aromatic heterocycles. The average Bonchev–Trinajstić information content (AvgIpc) is 3.26. The predicted octanol–water partition coefficient (Wildman–Crippen LogP) is 3.54. The number of methoxy groups -OCH3 is 1. The van der Waals surface area contributed by atoms with Gasteiger partial charge in [0, 0.05) is 13.1 Å². The maximum Gasteiger partial charge on any atom is 0.153 e. The third kappa shape index (κ3) is 6.20. The van der Waals surface area contributed by atoms with Crippen molar-refractivity contribution < 1.29 is 23.8 Å². The van der Waals surface area contributed by atoms with Crippen LogP contribution in [0.3, 0.4) is 0 Å². The highest BCUT2D eigenvalue weighted by molar-refractivity contribution is 5.79. The molecule has 1 N–H and O–H groups in total. The van der Waals surface area contributed by atoms with Crippen molar-refractivity contribution in [1.82, 2.24) is 4.90 Å². The second-order valence-electron chi connectivity index (χ2n) is 6.72. The molecule has 0 amide bonds. The van der Waals surface area contributed by atoms with Crippen molar-refractivity contribution in [2.45, 2.75) is 19.2 Å². The van der Waals surface area contributed by atoms with E-state index in [4.69, 9.17) is 13.9 Å². The molecule has 0 aliphatic carbocycles. The number of aliphatic hydroxyl groups excluding tert-OH is 1. The number of hydrogen-bond donors (Lipinski definition) is 1. The Kier molecular flexibility index (Phi) is 7.44. The first kappa shape index (κ1) is 20.6. The van der Waals surface area contributed by atoms with E-state index in [0.29, 0.717) is 30.9 Å². The zero-order chi connectivity index (χ0) is 20.5. The van der Waals surface area contributed by atoms with E-state index in [1.54, 1.807) is 37.6 Å². The Morgan fingerprint density at radius 2 is 1.86 bits per heavy atom. The molecule has 0 aliphatic heterocycles. The molecular weight excluding hydrogens is 370 g/mol. The van der Waals surface area contributed by atoms with Gasteiger partial charge in [-0.05, 0) is 42.0 Å². The number of furan rings is 1. The molecule has 3 aromatic rings. The normalized spacial score (nSPS) is 12.0. The fraction of sp³-hybridized carbons (Fsp3) is 0.261. The molecule has 152 valence electrons. The van der Waals surface area contributed by atoms with E-state index < -0.39 is 6.10 Å². The molecule has 2 aromatic carbocycles. The van der Waals surface area contributed by atoms with Gasteiger partial charge in [0.15, 0.2) is 6.29 Å². The van der Waals surface area contributed by atoms with Crippen LogP contribution in [0.15, 0.2) is 71.3 Å². The van der Waals surface area contributed by atoms with E-state index in [9.17, 15) is 9.90 Å². The SMILES string of the molecule is COc1ccc(CN(Cc2ccco2)CC(O)COc2ccccc2C=O)cc1. The summed E-state index contributed by atoms with van der Waals surface area (Å²) in [5.41, 5.74) is 1.56. The summed E-state index contributed by atoms with van der Waals surface area (Å²) in [6.45, 7) is 1.66. The van der Waals surface area contributed by atoms with Gasteiger partial charge in [-0.25, -0.2) is 0 Å². The number of benzene rings is 2. The smallest absolute Gasteiger partial charge is 0.153 e. The minimum absolute atomic E-state index is 0.0854. The van der Waals surface area contributed by atoms with Crippen LogP contribution >= 0.6 is 0 Å². The molecule has 0 bridgehead atoms. The number of hydrogen-bond acceptors (Lipinski definition) is 6. The first-order valence-corrected chi connectivity index (χ1v) is 9.40. The lowest BCUT2D eigenvalue weighted by Gasteiger charge is -2.24. The quantitative estimate of drug-likeness (QED) is 0.501. The maximum atomic E-state index is 11.1. The van der Waals surface area contributed by atoms with Gasteiger partial charge in [-0.15, -0.1) is 0 Å². The lowest BCUT2D eigenvalue weighted by molar-refractivity contribution is 0.0601. The topological polar surface area (TPSA) is 72.1 Å². The van der Waals surface area contributed by atoms with Gasteiger partial charge in [-0.2, -0.15) is 0 Å². The standard InChI is InChI=1S/C23H25NO5/c1-27-21-10-8-18(9-11-21)13-24(15-22-6-4-12-28-22)14-20(26)17-29-23-7-3-2-5-19(23)16-25/h2-12,16,20,26H,13-15,17H2,1H3. The summed E-state index contributed by atoms with van der Waals surface area (Å²) in [6, 6.07) is 18.5. The zero-order valence-corrected chi connectivity index (χ0v) is 16.4. The van der Waals surface area contributed by atoms with E-state index >= 15 is 0 Å². The van der Waals surface area contributed by atoms with Crippen molar-refractivity contribution >= 4 is 6.29 Å². The van der Waals surface area contributed by atoms with Crippen molar-refractivity contribution in [1.29, 1.82) is 0 Å². The summed E-state index contributed by atoms with van der Waals surface area (Å²) in [6.07, 6.45) is 1.65. The highest BCUT2D eigenvalue weighted by atomic mass is 16.5. The molecule has 1 unspecified atom stereocenters. The number of ether oxygens (including phenoxy) is 2. The summed E-state index contributed by atoms with van der Waals surface area (Å²) < 4.78 is 16.3. The molecule has 0 spiro atoms. The van der Waals surface area contributed by atoms with Crippen molar-refractivity contribution in [2.24, 2.45) is 0 Å². The Morgan fingerprint density at radius 3 is 2.55 bits per heavy atom. The monoisotopic (exact) mass is 395 g/mol. The Bertz CT molecular complexity index is 877. The summed E-state index contributed by atoms with van der Waals surface area (Å²) in [4.78, 5) is 13.2. The Hall–Kier alpha value is -3.09. The number of rotatable bonds is 11. The van der Waals surface area contributed by atoms with Crippen LogP contribution in [0.5, 0.6) is 11.5 Å². The van der Waals surface area contributed by atoms with E-state index in [1.165, 1.54) is 0 Å². The summed E-state index contributed by atoms with van der Waals surface area (Å²) in [5, 5.41) is 10.5. The largest absolute Gasteiger partial charge is 0.497 e. The second-order valence-corrected chi connectivity index (χ2v) is 6.72. The van der Waals surface area contributed by atoms with E-state index in [1.807, 2.05) is 36.4 Å². The minimum atomic E-state index is -0.733. The third-order valence-electron chi connectivity index (χ3n) is 4.47. The molecule has 0 saturated heterocycles. The highest BCUT2D eigenvalue weighted by Gasteiger charge is 2.16. The third-order valence-corrected chi connectivity index (χ3v) is 4.47. The van der Waals surface area contributed by atoms with E-state index in [-0.39, 0.29) is 6.61 Å². The highest BCUT2D eigenvalue weighted by Crippen LogP contribution is 2.17. The van der Waals surface area contributed by atoms with Crippen molar-refractivity contribution in [3.8, 4) is 11.5 Å². The fourth-order valence-corrected chi connectivity index (χ4v) is 3.04. The second kappa shape index (κ2) is 10.5. The van der Waals surface area contributed by atoms with Crippen LogP contribution in [0.2, 0.25) is 0 Å². The first-order valence-electron chi connectivity index (χ1n) is 9.40. The zero-order valence-electron chi connectivity index (χ0n) is 16.4. The van der Waals surface area contributed by atoms with Gasteiger partial charge in [0.25, 0.3) is 0 Å². The van der Waals surface area contributed by atoms with E-state index in [0.717, 1.165) is 23.4 Å². The molecule has 6 heteroatoms. The first-order chi connectivity index (χ1) is 14.2. The molecule has 6 nitrogen and oxygen atoms in total. The Morgan fingerprint density at radius 1 is 1.07 bits per heavy atom. The van der Waals surface area contributed by atoms with Crippen LogP contribution in [0.1, 0.15) is 21.7 Å². The number of aldehydes is 1. The Balaban J connectivity index is 1.62. The fourth-order valence-electron chi connectivity index (χ4n) is 3.04. The molecule has 0 aliphatic rings. The number of aliphatic hydroxyl groups is 1. The number of carbonyl (C=O) groups excluding carboxylic acids is 1. The number of para-hydroxylation sites is 1. The molecule has 1 heterocycles. The van der Waals surface area contributed by atoms with Gasteiger partial charge < -0.3 is 19.0 Å². The van der Waals surface area contributed by atoms with Crippen LogP contribution in [-0.4, -0.2) is 42.7 Å². The van der Waals surface area contributed by atoms with Crippen LogP contribution < -0.4 is 9.47 Å². The molecule has 0 fully saturated rings. The molecule has 3 rings (SSSR count). The lowest BCUT2D eigenvalue weighted by Crippen LogP contribution is -2.35. The average molecular weight is 395 g/mol. The minimum Gasteiger partial charge on any atom is -0.497 e. The lowest BCUT2D eigenvalue weighted by atomic mass is 10.2. The van der Waals surface area contributed by atoms with Crippen molar-refractivity contribution in [2.75, 3.05) is 20.3 Å². The van der Waals surface area contributed by atoms with Crippen LogP contribution in [0.25, 0.3) is 0 Å². The molecule has 0 saturated carbocycles. The summed E-state index contributed by atoms with van der Waals surface area (Å²) in [7, 11) is 1.64. The number of nitrogens with zero attached hydrogens (tertiary/aromatic N) is 1. The van der Waals surface area contributed by atoms with Gasteiger partial charge in [0.1, 0.15) is 30.0 Å². The van der Waals surface area contributed by atoms with E-state index in [2.05, 4.69) is 4.90 Å². The van der Waals surface area contributed by atoms with Gasteiger partial charge in [-0.1, -0.05) is 24.3 Å². The molecule has 1 atom stereocenters. The maximum absolute atomic E-state index is 11.1.